The number of aliphatic carboxylic acids is 1. The monoisotopic (exact) mass is 312 g/mol. The molecule has 0 saturated carbocycles. The van der Waals surface area contributed by atoms with E-state index in [9.17, 15) is 14.3 Å². The van der Waals surface area contributed by atoms with Crippen molar-refractivity contribution in [1.29, 1.82) is 0 Å². The van der Waals surface area contributed by atoms with Gasteiger partial charge >= 0.3 is 5.97 Å². The highest BCUT2D eigenvalue weighted by atomic mass is 19.1. The van der Waals surface area contributed by atoms with Crippen LogP contribution in [0.3, 0.4) is 0 Å². The van der Waals surface area contributed by atoms with Gasteiger partial charge in [-0.1, -0.05) is 0 Å². The van der Waals surface area contributed by atoms with E-state index in [2.05, 4.69) is 15.3 Å². The van der Waals surface area contributed by atoms with E-state index in [0.717, 1.165) is 6.20 Å². The molecule has 2 heterocycles. The Morgan fingerprint density at radius 1 is 1.64 bits per heavy atom. The SMILES string of the molecule is CNc1nc(N2CCC[C@@](CCOC)(C(=O)O)C2)ncc1F. The summed E-state index contributed by atoms with van der Waals surface area (Å²) in [6.45, 7) is 1.32. The Balaban J connectivity index is 2.23. The van der Waals surface area contributed by atoms with Gasteiger partial charge in [-0.05, 0) is 19.3 Å². The molecule has 122 valence electrons. The molecule has 0 aliphatic carbocycles. The number of aromatic nitrogens is 2. The molecule has 1 saturated heterocycles. The van der Waals surface area contributed by atoms with E-state index in [-0.39, 0.29) is 5.82 Å². The third-order valence-corrected chi connectivity index (χ3v) is 4.07. The number of nitrogens with one attached hydrogen (secondary N) is 1. The second-order valence-corrected chi connectivity index (χ2v) is 5.47. The Morgan fingerprint density at radius 2 is 2.41 bits per heavy atom. The van der Waals surface area contributed by atoms with Crippen molar-refractivity contribution in [3.8, 4) is 0 Å². The van der Waals surface area contributed by atoms with Gasteiger partial charge in [-0.25, -0.2) is 9.37 Å². The summed E-state index contributed by atoms with van der Waals surface area (Å²) >= 11 is 0. The van der Waals surface area contributed by atoms with Crippen LogP contribution in [-0.4, -0.2) is 54.9 Å². The van der Waals surface area contributed by atoms with E-state index < -0.39 is 17.2 Å². The quantitative estimate of drug-likeness (QED) is 0.820. The Labute approximate surface area is 128 Å². The average molecular weight is 312 g/mol. The number of hydrogen-bond donors (Lipinski definition) is 2. The van der Waals surface area contributed by atoms with Gasteiger partial charge in [0.25, 0.3) is 0 Å². The first-order chi connectivity index (χ1) is 10.5. The van der Waals surface area contributed by atoms with Crippen LogP contribution in [0.5, 0.6) is 0 Å². The van der Waals surface area contributed by atoms with E-state index in [4.69, 9.17) is 4.74 Å². The molecular formula is C14H21FN4O3. The van der Waals surface area contributed by atoms with Gasteiger partial charge in [0.15, 0.2) is 11.6 Å². The van der Waals surface area contributed by atoms with E-state index in [1.165, 1.54) is 0 Å². The first-order valence-electron chi connectivity index (χ1n) is 7.20. The van der Waals surface area contributed by atoms with Crippen LogP contribution in [-0.2, 0) is 9.53 Å². The number of carbonyl (C=O) groups is 1. The molecule has 1 aromatic rings. The lowest BCUT2D eigenvalue weighted by atomic mass is 9.77. The molecule has 22 heavy (non-hydrogen) atoms. The number of carboxylic acids is 1. The highest BCUT2D eigenvalue weighted by Gasteiger charge is 2.42. The van der Waals surface area contributed by atoms with Gasteiger partial charge in [0.2, 0.25) is 5.95 Å². The van der Waals surface area contributed by atoms with Gasteiger partial charge < -0.3 is 20.1 Å². The topological polar surface area (TPSA) is 87.6 Å². The van der Waals surface area contributed by atoms with Crippen molar-refractivity contribution in [2.24, 2.45) is 5.41 Å². The summed E-state index contributed by atoms with van der Waals surface area (Å²) in [5, 5.41) is 12.3. The molecule has 0 aromatic carbocycles. The molecule has 0 bridgehead atoms. The van der Waals surface area contributed by atoms with Crippen molar-refractivity contribution in [3.63, 3.8) is 0 Å². The van der Waals surface area contributed by atoms with Gasteiger partial charge in [-0.3, -0.25) is 4.79 Å². The summed E-state index contributed by atoms with van der Waals surface area (Å²) in [7, 11) is 3.13. The molecule has 1 aliphatic rings. The van der Waals surface area contributed by atoms with Crippen molar-refractivity contribution < 1.29 is 19.0 Å². The number of hydrogen-bond acceptors (Lipinski definition) is 6. The van der Waals surface area contributed by atoms with Gasteiger partial charge in [0.1, 0.15) is 0 Å². The molecule has 7 nitrogen and oxygen atoms in total. The first-order valence-corrected chi connectivity index (χ1v) is 7.20. The third kappa shape index (κ3) is 3.27. The molecule has 0 radical (unpaired) electrons. The second kappa shape index (κ2) is 6.87. The molecule has 1 aliphatic heterocycles. The zero-order valence-electron chi connectivity index (χ0n) is 12.8. The first kappa shape index (κ1) is 16.4. The third-order valence-electron chi connectivity index (χ3n) is 4.07. The summed E-state index contributed by atoms with van der Waals surface area (Å²) in [5.41, 5.74) is -0.883. The fourth-order valence-electron chi connectivity index (χ4n) is 2.77. The Kier molecular flexibility index (Phi) is 5.12. The smallest absolute Gasteiger partial charge is 0.311 e. The number of piperidine rings is 1. The van der Waals surface area contributed by atoms with Crippen LogP contribution in [0.4, 0.5) is 16.2 Å². The van der Waals surface area contributed by atoms with Crippen molar-refractivity contribution in [3.05, 3.63) is 12.0 Å². The fraction of sp³-hybridized carbons (Fsp3) is 0.643. The molecule has 1 aromatic heterocycles. The standard InChI is InChI=1S/C14H21FN4O3/c1-16-11-10(15)8-17-13(18-11)19-6-3-4-14(9-19,12(20)21)5-7-22-2/h8H,3-7,9H2,1-2H3,(H,20,21)(H,16,17,18)/t14-/m0/s1. The highest BCUT2D eigenvalue weighted by Crippen LogP contribution is 2.35. The zero-order valence-corrected chi connectivity index (χ0v) is 12.8. The average Bonchev–Trinajstić information content (AvgIpc) is 2.53. The minimum Gasteiger partial charge on any atom is -0.481 e. The van der Waals surface area contributed by atoms with Crippen LogP contribution < -0.4 is 10.2 Å². The molecule has 2 N–H and O–H groups in total. The predicted molar refractivity (Wildman–Crippen MR) is 79.5 cm³/mol. The largest absolute Gasteiger partial charge is 0.481 e. The molecule has 0 unspecified atom stereocenters. The maximum atomic E-state index is 13.5. The number of ether oxygens (including phenoxy) is 1. The highest BCUT2D eigenvalue weighted by molar-refractivity contribution is 5.76. The molecule has 0 spiro atoms. The van der Waals surface area contributed by atoms with Crippen LogP contribution in [0.15, 0.2) is 6.20 Å². The summed E-state index contributed by atoms with van der Waals surface area (Å²) in [6.07, 6.45) is 2.82. The summed E-state index contributed by atoms with van der Waals surface area (Å²) in [6, 6.07) is 0. The molecule has 8 heteroatoms. The Morgan fingerprint density at radius 3 is 3.05 bits per heavy atom. The van der Waals surface area contributed by atoms with E-state index >= 15 is 0 Å². The minimum absolute atomic E-state index is 0.105. The van der Waals surface area contributed by atoms with Gasteiger partial charge in [0.05, 0.1) is 11.6 Å². The van der Waals surface area contributed by atoms with Crippen LogP contribution >= 0.6 is 0 Å². The number of methoxy groups -OCH3 is 1. The Hall–Kier alpha value is -1.96. The fourth-order valence-corrected chi connectivity index (χ4v) is 2.77. The normalized spacial score (nSPS) is 21.7. The van der Waals surface area contributed by atoms with Crippen molar-refractivity contribution in [2.45, 2.75) is 19.3 Å². The minimum atomic E-state index is -0.883. The van der Waals surface area contributed by atoms with E-state index in [0.29, 0.717) is 44.9 Å². The zero-order chi connectivity index (χ0) is 16.2. The summed E-state index contributed by atoms with van der Waals surface area (Å²) in [4.78, 5) is 21.7. The molecular weight excluding hydrogens is 291 g/mol. The molecule has 1 atom stereocenters. The van der Waals surface area contributed by atoms with E-state index in [1.54, 1.807) is 19.1 Å². The van der Waals surface area contributed by atoms with Gasteiger partial charge in [-0.2, -0.15) is 4.98 Å². The second-order valence-electron chi connectivity index (χ2n) is 5.47. The lowest BCUT2D eigenvalue weighted by Gasteiger charge is -2.39. The van der Waals surface area contributed by atoms with Crippen LogP contribution in [0.1, 0.15) is 19.3 Å². The number of carboxylic acid groups (broad SMARTS) is 1. The number of halogens is 1. The van der Waals surface area contributed by atoms with Gasteiger partial charge in [0, 0.05) is 33.9 Å². The summed E-state index contributed by atoms with van der Waals surface area (Å²) in [5.74, 6) is -0.931. The molecule has 0 amide bonds. The maximum Gasteiger partial charge on any atom is 0.311 e. The lowest BCUT2D eigenvalue weighted by Crippen LogP contribution is -2.49. The van der Waals surface area contributed by atoms with Crippen LogP contribution in [0.2, 0.25) is 0 Å². The van der Waals surface area contributed by atoms with E-state index in [1.807, 2.05) is 0 Å². The number of nitrogens with zero attached hydrogens (tertiary/aromatic N) is 3. The summed E-state index contributed by atoms with van der Waals surface area (Å²) < 4.78 is 18.5. The van der Waals surface area contributed by atoms with Crippen LogP contribution in [0, 0.1) is 11.2 Å². The predicted octanol–water partition coefficient (Wildman–Crippen LogP) is 1.37. The lowest BCUT2D eigenvalue weighted by molar-refractivity contribution is -0.150. The molecule has 1 fully saturated rings. The van der Waals surface area contributed by atoms with Crippen LogP contribution in [0.25, 0.3) is 0 Å². The molecule has 2 rings (SSSR count). The number of anilines is 2. The van der Waals surface area contributed by atoms with Gasteiger partial charge in [-0.15, -0.1) is 0 Å². The Bertz CT molecular complexity index is 543. The van der Waals surface area contributed by atoms with Crippen molar-refractivity contribution in [1.82, 2.24) is 9.97 Å². The van der Waals surface area contributed by atoms with Crippen molar-refractivity contribution in [2.75, 3.05) is 44.1 Å². The number of rotatable bonds is 6. The van der Waals surface area contributed by atoms with Crippen molar-refractivity contribution >= 4 is 17.7 Å². The maximum absolute atomic E-state index is 13.5.